The third-order valence-electron chi connectivity index (χ3n) is 6.53. The standard InChI is InChI=1S/C25H36N6O2/c1-20(2)31-17-18-33-19-22(31)9-14-29-12-4-13-30(16-15-29)24-6-3-5-23(28-24)25(32)27-21-7-10-26-11-8-21/h3,5-8,10-11,20,22H,4,9,12-19H2,1-2H3,(H,26,27,32). The number of hydrogen-bond acceptors (Lipinski definition) is 7. The lowest BCUT2D eigenvalue weighted by Gasteiger charge is -2.39. The number of pyridine rings is 2. The van der Waals surface area contributed by atoms with Crippen LogP contribution in [0.3, 0.4) is 0 Å². The van der Waals surface area contributed by atoms with Gasteiger partial charge in [0, 0.05) is 56.3 Å². The molecule has 0 aliphatic carbocycles. The number of ether oxygens (including phenoxy) is 1. The van der Waals surface area contributed by atoms with E-state index in [2.05, 4.69) is 43.8 Å². The largest absolute Gasteiger partial charge is 0.378 e. The molecule has 0 aromatic carbocycles. The summed E-state index contributed by atoms with van der Waals surface area (Å²) in [4.78, 5) is 28.7. The van der Waals surface area contributed by atoms with Crippen molar-refractivity contribution in [3.8, 4) is 0 Å². The van der Waals surface area contributed by atoms with Crippen LogP contribution in [0, 0.1) is 0 Å². The van der Waals surface area contributed by atoms with E-state index in [1.807, 2.05) is 12.1 Å². The Labute approximate surface area is 196 Å². The number of anilines is 2. The average molecular weight is 453 g/mol. The normalized spacial score (nSPS) is 20.6. The smallest absolute Gasteiger partial charge is 0.274 e. The summed E-state index contributed by atoms with van der Waals surface area (Å²) in [6, 6.07) is 10.3. The van der Waals surface area contributed by atoms with Crippen molar-refractivity contribution >= 4 is 17.4 Å². The van der Waals surface area contributed by atoms with E-state index < -0.39 is 0 Å². The Morgan fingerprint density at radius 3 is 2.79 bits per heavy atom. The van der Waals surface area contributed by atoms with Gasteiger partial charge in [-0.1, -0.05) is 6.07 Å². The van der Waals surface area contributed by atoms with Gasteiger partial charge >= 0.3 is 0 Å². The molecule has 0 spiro atoms. The highest BCUT2D eigenvalue weighted by molar-refractivity contribution is 6.03. The molecule has 4 heterocycles. The minimum Gasteiger partial charge on any atom is -0.378 e. The van der Waals surface area contributed by atoms with Crippen LogP contribution in [0.5, 0.6) is 0 Å². The second-order valence-electron chi connectivity index (χ2n) is 9.10. The summed E-state index contributed by atoms with van der Waals surface area (Å²) in [7, 11) is 0. The molecule has 1 unspecified atom stereocenters. The minimum absolute atomic E-state index is 0.205. The molecule has 0 saturated carbocycles. The van der Waals surface area contributed by atoms with Crippen molar-refractivity contribution in [1.29, 1.82) is 0 Å². The van der Waals surface area contributed by atoms with Gasteiger partial charge in [-0.25, -0.2) is 4.98 Å². The van der Waals surface area contributed by atoms with Gasteiger partial charge in [0.25, 0.3) is 5.91 Å². The molecule has 1 amide bonds. The van der Waals surface area contributed by atoms with Crippen LogP contribution < -0.4 is 10.2 Å². The molecular weight excluding hydrogens is 416 g/mol. The first-order valence-electron chi connectivity index (χ1n) is 12.1. The molecule has 0 radical (unpaired) electrons. The van der Waals surface area contributed by atoms with E-state index in [1.54, 1.807) is 30.6 Å². The second kappa shape index (κ2) is 11.5. The number of amides is 1. The first-order chi connectivity index (χ1) is 16.1. The Morgan fingerprint density at radius 2 is 1.97 bits per heavy atom. The Morgan fingerprint density at radius 1 is 1.12 bits per heavy atom. The highest BCUT2D eigenvalue weighted by Gasteiger charge is 2.26. The lowest BCUT2D eigenvalue weighted by atomic mass is 10.1. The number of rotatable bonds is 7. The minimum atomic E-state index is -0.205. The predicted molar refractivity (Wildman–Crippen MR) is 131 cm³/mol. The first kappa shape index (κ1) is 23.6. The summed E-state index contributed by atoms with van der Waals surface area (Å²) in [6.07, 6.45) is 5.54. The molecule has 1 N–H and O–H groups in total. The fraction of sp³-hybridized carbons (Fsp3) is 0.560. The van der Waals surface area contributed by atoms with Crippen LogP contribution in [0.1, 0.15) is 37.2 Å². The number of carbonyl (C=O) groups excluding carboxylic acids is 1. The molecule has 0 bridgehead atoms. The van der Waals surface area contributed by atoms with Crippen LogP contribution in [0.4, 0.5) is 11.5 Å². The summed E-state index contributed by atoms with van der Waals surface area (Å²) in [5.74, 6) is 0.662. The van der Waals surface area contributed by atoms with Gasteiger partial charge in [-0.15, -0.1) is 0 Å². The van der Waals surface area contributed by atoms with Gasteiger partial charge in [-0.05, 0) is 64.0 Å². The molecule has 2 aromatic rings. The zero-order chi connectivity index (χ0) is 23.0. The van der Waals surface area contributed by atoms with E-state index in [0.717, 1.165) is 71.1 Å². The molecule has 8 nitrogen and oxygen atoms in total. The third kappa shape index (κ3) is 6.50. The fourth-order valence-corrected chi connectivity index (χ4v) is 4.71. The maximum atomic E-state index is 12.6. The van der Waals surface area contributed by atoms with E-state index in [0.29, 0.717) is 23.5 Å². The van der Waals surface area contributed by atoms with E-state index >= 15 is 0 Å². The Balaban J connectivity index is 1.31. The summed E-state index contributed by atoms with van der Waals surface area (Å²) in [5, 5.41) is 2.88. The Hall–Kier alpha value is -2.55. The molecule has 8 heteroatoms. The number of morpholine rings is 1. The molecule has 2 aliphatic heterocycles. The fourth-order valence-electron chi connectivity index (χ4n) is 4.71. The van der Waals surface area contributed by atoms with Crippen molar-refractivity contribution in [2.24, 2.45) is 0 Å². The summed E-state index contributed by atoms with van der Waals surface area (Å²) < 4.78 is 5.76. The number of aromatic nitrogens is 2. The summed E-state index contributed by atoms with van der Waals surface area (Å²) in [6.45, 7) is 12.3. The number of carbonyl (C=O) groups is 1. The average Bonchev–Trinajstić information content (AvgIpc) is 3.09. The summed E-state index contributed by atoms with van der Waals surface area (Å²) >= 11 is 0. The van der Waals surface area contributed by atoms with Gasteiger partial charge in [0.05, 0.1) is 13.2 Å². The highest BCUT2D eigenvalue weighted by atomic mass is 16.5. The third-order valence-corrected chi connectivity index (χ3v) is 6.53. The van der Waals surface area contributed by atoms with E-state index in [-0.39, 0.29) is 5.91 Å². The number of nitrogens with zero attached hydrogens (tertiary/aromatic N) is 5. The maximum Gasteiger partial charge on any atom is 0.274 e. The van der Waals surface area contributed by atoms with Crippen molar-refractivity contribution in [1.82, 2.24) is 19.8 Å². The van der Waals surface area contributed by atoms with Crippen molar-refractivity contribution in [3.63, 3.8) is 0 Å². The molecule has 178 valence electrons. The van der Waals surface area contributed by atoms with Gasteiger partial charge < -0.3 is 19.9 Å². The molecule has 33 heavy (non-hydrogen) atoms. The van der Waals surface area contributed by atoms with E-state index in [1.165, 1.54) is 0 Å². The van der Waals surface area contributed by atoms with Gasteiger partial charge in [-0.2, -0.15) is 0 Å². The van der Waals surface area contributed by atoms with E-state index in [4.69, 9.17) is 4.74 Å². The van der Waals surface area contributed by atoms with Gasteiger partial charge in [0.2, 0.25) is 0 Å². The lowest BCUT2D eigenvalue weighted by Crippen LogP contribution is -2.50. The monoisotopic (exact) mass is 452 g/mol. The topological polar surface area (TPSA) is 73.8 Å². The van der Waals surface area contributed by atoms with Crippen LogP contribution in [0.25, 0.3) is 0 Å². The molecule has 2 aromatic heterocycles. The quantitative estimate of drug-likeness (QED) is 0.692. The Bertz CT molecular complexity index is 893. The van der Waals surface area contributed by atoms with E-state index in [9.17, 15) is 4.79 Å². The molecule has 1 atom stereocenters. The first-order valence-corrected chi connectivity index (χ1v) is 12.1. The maximum absolute atomic E-state index is 12.6. The molecule has 4 rings (SSSR count). The van der Waals surface area contributed by atoms with Crippen molar-refractivity contribution in [3.05, 3.63) is 48.4 Å². The SMILES string of the molecule is CC(C)N1CCOCC1CCN1CCCN(c2cccc(C(=O)Nc3ccncc3)n2)CC1. The van der Waals surface area contributed by atoms with Crippen molar-refractivity contribution in [2.75, 3.05) is 62.7 Å². The van der Waals surface area contributed by atoms with Crippen molar-refractivity contribution in [2.45, 2.75) is 38.8 Å². The van der Waals surface area contributed by atoms with Crippen LogP contribution in [-0.2, 0) is 4.74 Å². The van der Waals surface area contributed by atoms with Crippen LogP contribution in [0.2, 0.25) is 0 Å². The molecule has 2 saturated heterocycles. The molecular formula is C25H36N6O2. The summed E-state index contributed by atoms with van der Waals surface area (Å²) in [5.41, 5.74) is 1.14. The highest BCUT2D eigenvalue weighted by Crippen LogP contribution is 2.18. The second-order valence-corrected chi connectivity index (χ2v) is 9.10. The lowest BCUT2D eigenvalue weighted by molar-refractivity contribution is -0.0275. The van der Waals surface area contributed by atoms with Crippen LogP contribution in [0.15, 0.2) is 42.7 Å². The van der Waals surface area contributed by atoms with Crippen LogP contribution in [-0.4, -0.2) is 90.2 Å². The molecule has 2 fully saturated rings. The van der Waals surface area contributed by atoms with Gasteiger partial charge in [0.1, 0.15) is 11.5 Å². The molecule has 2 aliphatic rings. The predicted octanol–water partition coefficient (Wildman–Crippen LogP) is 2.74. The zero-order valence-electron chi connectivity index (χ0n) is 19.8. The van der Waals surface area contributed by atoms with Gasteiger partial charge in [-0.3, -0.25) is 14.7 Å². The van der Waals surface area contributed by atoms with Crippen molar-refractivity contribution < 1.29 is 9.53 Å². The zero-order valence-corrected chi connectivity index (χ0v) is 19.8. The Kier molecular flexibility index (Phi) is 8.25. The van der Waals surface area contributed by atoms with Crippen LogP contribution >= 0.6 is 0 Å². The number of nitrogens with one attached hydrogen (secondary N) is 1. The van der Waals surface area contributed by atoms with Gasteiger partial charge in [0.15, 0.2) is 0 Å². The number of hydrogen-bond donors (Lipinski definition) is 1.